The Morgan fingerprint density at radius 2 is 1.88 bits per heavy atom. The average Bonchev–Trinajstić information content (AvgIpc) is 2.62. The zero-order chi connectivity index (χ0) is 17.8. The molecule has 0 saturated carbocycles. The number of carbonyl (C=O) groups is 1. The monoisotopic (exact) mass is 362 g/mol. The van der Waals surface area contributed by atoms with Crippen molar-refractivity contribution in [3.63, 3.8) is 0 Å². The number of rotatable bonds is 4. The molecule has 3 rings (SSSR count). The highest BCUT2D eigenvalue weighted by Gasteiger charge is 2.21. The van der Waals surface area contributed by atoms with Gasteiger partial charge < -0.3 is 15.1 Å². The zero-order valence-electron chi connectivity index (χ0n) is 14.2. The van der Waals surface area contributed by atoms with Crippen molar-refractivity contribution in [2.75, 3.05) is 42.9 Å². The van der Waals surface area contributed by atoms with Crippen LogP contribution >= 0.6 is 11.6 Å². The second-order valence-corrected chi connectivity index (χ2v) is 6.65. The van der Waals surface area contributed by atoms with E-state index in [0.29, 0.717) is 16.3 Å². The van der Waals surface area contributed by atoms with Crippen LogP contribution in [0.3, 0.4) is 0 Å². The fourth-order valence-electron chi connectivity index (χ4n) is 3.10. The highest BCUT2D eigenvalue weighted by molar-refractivity contribution is 6.31. The molecule has 1 saturated heterocycles. The number of benzene rings is 2. The molecule has 25 heavy (non-hydrogen) atoms. The predicted octanol–water partition coefficient (Wildman–Crippen LogP) is 2.46. The van der Waals surface area contributed by atoms with Gasteiger partial charge in [0.05, 0.1) is 44.1 Å². The maximum absolute atomic E-state index is 13.0. The molecule has 1 aliphatic heterocycles. The molecule has 6 heteroatoms. The van der Waals surface area contributed by atoms with Crippen molar-refractivity contribution < 1.29 is 14.1 Å². The molecule has 1 heterocycles. The molecule has 0 spiro atoms. The van der Waals surface area contributed by atoms with E-state index in [2.05, 4.69) is 17.1 Å². The predicted molar refractivity (Wildman–Crippen MR) is 99.3 cm³/mol. The second-order valence-electron chi connectivity index (χ2n) is 6.21. The summed E-state index contributed by atoms with van der Waals surface area (Å²) in [5, 5.41) is 3.48. The summed E-state index contributed by atoms with van der Waals surface area (Å²) in [6.45, 7) is 7.34. The standard InChI is InChI=1S/C19H21ClFN3O/c1-2-23-9-11-24(12-10-23)18-8-5-15(20)13-17(18)22-19(25)14-3-6-16(21)7-4-14/h3-8,13H,2,9-12H2,1H3,(H,22,25)/p+1. The quantitative estimate of drug-likeness (QED) is 0.876. The van der Waals surface area contributed by atoms with Gasteiger partial charge in [0.25, 0.3) is 5.91 Å². The Hall–Kier alpha value is -2.11. The Morgan fingerprint density at radius 3 is 2.52 bits per heavy atom. The van der Waals surface area contributed by atoms with E-state index < -0.39 is 0 Å². The van der Waals surface area contributed by atoms with E-state index in [4.69, 9.17) is 11.6 Å². The van der Waals surface area contributed by atoms with E-state index in [0.717, 1.165) is 38.4 Å². The Balaban J connectivity index is 1.79. The topological polar surface area (TPSA) is 36.8 Å². The number of anilines is 2. The van der Waals surface area contributed by atoms with E-state index in [1.807, 2.05) is 12.1 Å². The second kappa shape index (κ2) is 7.85. The molecule has 2 aromatic carbocycles. The van der Waals surface area contributed by atoms with Crippen LogP contribution in [0.15, 0.2) is 42.5 Å². The minimum atomic E-state index is -0.365. The molecule has 2 N–H and O–H groups in total. The van der Waals surface area contributed by atoms with Crippen molar-refractivity contribution in [2.24, 2.45) is 0 Å². The van der Waals surface area contributed by atoms with Crippen LogP contribution in [0.1, 0.15) is 17.3 Å². The normalized spacial score (nSPS) is 15.2. The van der Waals surface area contributed by atoms with Crippen LogP contribution in [-0.2, 0) is 0 Å². The molecule has 4 nitrogen and oxygen atoms in total. The Bertz CT molecular complexity index is 743. The minimum absolute atomic E-state index is 0.277. The van der Waals surface area contributed by atoms with E-state index >= 15 is 0 Å². The third-order valence-electron chi connectivity index (χ3n) is 4.62. The zero-order valence-corrected chi connectivity index (χ0v) is 14.9. The van der Waals surface area contributed by atoms with Gasteiger partial charge in [-0.2, -0.15) is 0 Å². The summed E-state index contributed by atoms with van der Waals surface area (Å²) < 4.78 is 13.0. The summed E-state index contributed by atoms with van der Waals surface area (Å²) in [6, 6.07) is 11.0. The minimum Gasteiger partial charge on any atom is -0.359 e. The van der Waals surface area contributed by atoms with Crippen LogP contribution in [0, 0.1) is 5.82 Å². The SMILES string of the molecule is CC[NH+]1CCN(c2ccc(Cl)cc2NC(=O)c2ccc(F)cc2)CC1. The summed E-state index contributed by atoms with van der Waals surface area (Å²) in [5.74, 6) is -0.641. The van der Waals surface area contributed by atoms with Crippen molar-refractivity contribution in [3.8, 4) is 0 Å². The van der Waals surface area contributed by atoms with Gasteiger partial charge in [-0.15, -0.1) is 0 Å². The van der Waals surface area contributed by atoms with E-state index in [-0.39, 0.29) is 11.7 Å². The lowest BCUT2D eigenvalue weighted by Gasteiger charge is -2.34. The molecule has 1 fully saturated rings. The lowest BCUT2D eigenvalue weighted by atomic mass is 10.1. The number of nitrogens with one attached hydrogen (secondary N) is 2. The number of amides is 1. The Kier molecular flexibility index (Phi) is 5.56. The molecular formula is C19H22ClFN3O+. The highest BCUT2D eigenvalue weighted by atomic mass is 35.5. The van der Waals surface area contributed by atoms with Crippen molar-refractivity contribution in [1.82, 2.24) is 0 Å². The molecule has 1 amide bonds. The molecule has 0 bridgehead atoms. The first-order valence-corrected chi connectivity index (χ1v) is 8.89. The third-order valence-corrected chi connectivity index (χ3v) is 4.86. The fourth-order valence-corrected chi connectivity index (χ4v) is 3.27. The van der Waals surface area contributed by atoms with E-state index in [1.54, 1.807) is 11.0 Å². The lowest BCUT2D eigenvalue weighted by Crippen LogP contribution is -3.14. The Morgan fingerprint density at radius 1 is 1.20 bits per heavy atom. The van der Waals surface area contributed by atoms with Gasteiger partial charge in [-0.05, 0) is 49.4 Å². The third kappa shape index (κ3) is 4.30. The Labute approximate surface area is 152 Å². The van der Waals surface area contributed by atoms with Gasteiger partial charge in [0.15, 0.2) is 0 Å². The maximum Gasteiger partial charge on any atom is 0.255 e. The lowest BCUT2D eigenvalue weighted by molar-refractivity contribution is -0.898. The van der Waals surface area contributed by atoms with Gasteiger partial charge in [0, 0.05) is 10.6 Å². The molecule has 132 valence electrons. The van der Waals surface area contributed by atoms with Gasteiger partial charge in [-0.25, -0.2) is 4.39 Å². The number of hydrogen-bond donors (Lipinski definition) is 2. The summed E-state index contributed by atoms with van der Waals surface area (Å²) in [6.07, 6.45) is 0. The maximum atomic E-state index is 13.0. The molecule has 0 aliphatic carbocycles. The van der Waals surface area contributed by atoms with Crippen molar-refractivity contribution in [1.29, 1.82) is 0 Å². The number of quaternary nitrogens is 1. The average molecular weight is 363 g/mol. The molecule has 0 aromatic heterocycles. The van der Waals surface area contributed by atoms with Gasteiger partial charge in [-0.1, -0.05) is 11.6 Å². The van der Waals surface area contributed by atoms with Crippen LogP contribution in [0.2, 0.25) is 5.02 Å². The largest absolute Gasteiger partial charge is 0.359 e. The van der Waals surface area contributed by atoms with Gasteiger partial charge in [0.2, 0.25) is 0 Å². The fraction of sp³-hybridized carbons (Fsp3) is 0.316. The number of halogens is 2. The van der Waals surface area contributed by atoms with Crippen molar-refractivity contribution in [3.05, 3.63) is 58.9 Å². The summed E-state index contributed by atoms with van der Waals surface area (Å²) in [4.78, 5) is 16.3. The summed E-state index contributed by atoms with van der Waals surface area (Å²) >= 11 is 6.13. The summed E-state index contributed by atoms with van der Waals surface area (Å²) in [7, 11) is 0. The highest BCUT2D eigenvalue weighted by Crippen LogP contribution is 2.29. The van der Waals surface area contributed by atoms with Crippen LogP contribution in [-0.4, -0.2) is 38.6 Å². The van der Waals surface area contributed by atoms with Crippen molar-refractivity contribution in [2.45, 2.75) is 6.92 Å². The number of hydrogen-bond acceptors (Lipinski definition) is 2. The molecule has 0 radical (unpaired) electrons. The molecular weight excluding hydrogens is 341 g/mol. The molecule has 1 aliphatic rings. The molecule has 0 atom stereocenters. The van der Waals surface area contributed by atoms with E-state index in [1.165, 1.54) is 24.3 Å². The van der Waals surface area contributed by atoms with Gasteiger partial charge >= 0.3 is 0 Å². The van der Waals surface area contributed by atoms with Gasteiger partial charge in [-0.3, -0.25) is 4.79 Å². The van der Waals surface area contributed by atoms with Crippen LogP contribution < -0.4 is 15.1 Å². The number of likely N-dealkylation sites (N-methyl/N-ethyl adjacent to an activating group) is 1. The van der Waals surface area contributed by atoms with Gasteiger partial charge in [0.1, 0.15) is 5.82 Å². The summed E-state index contributed by atoms with van der Waals surface area (Å²) in [5.41, 5.74) is 2.06. The first-order chi connectivity index (χ1) is 12.1. The van der Waals surface area contributed by atoms with Crippen LogP contribution in [0.4, 0.5) is 15.8 Å². The molecule has 2 aromatic rings. The van der Waals surface area contributed by atoms with Crippen LogP contribution in [0.25, 0.3) is 0 Å². The smallest absolute Gasteiger partial charge is 0.255 e. The number of carbonyl (C=O) groups excluding carboxylic acids is 1. The van der Waals surface area contributed by atoms with E-state index in [9.17, 15) is 9.18 Å². The van der Waals surface area contributed by atoms with Crippen LogP contribution in [0.5, 0.6) is 0 Å². The van der Waals surface area contributed by atoms with Crippen molar-refractivity contribution >= 4 is 28.9 Å². The number of piperazine rings is 1. The number of nitrogens with zero attached hydrogens (tertiary/aromatic N) is 1. The first-order valence-electron chi connectivity index (χ1n) is 8.52. The molecule has 0 unspecified atom stereocenters. The first kappa shape index (κ1) is 17.7.